The van der Waals surface area contributed by atoms with Gasteiger partial charge in [-0.15, -0.1) is 0 Å². The number of benzene rings is 3. The molecule has 0 N–H and O–H groups in total. The van der Waals surface area contributed by atoms with Crippen molar-refractivity contribution in [2.75, 3.05) is 7.05 Å². The second-order valence-electron chi connectivity index (χ2n) is 13.0. The van der Waals surface area contributed by atoms with Gasteiger partial charge in [0.05, 0.1) is 22.6 Å². The number of esters is 1. The van der Waals surface area contributed by atoms with E-state index in [1.807, 2.05) is 84.0 Å². The molecule has 0 spiro atoms. The summed E-state index contributed by atoms with van der Waals surface area (Å²) >= 11 is 0. The molecular formula is C37H45N3O4. The van der Waals surface area contributed by atoms with E-state index in [9.17, 15) is 14.4 Å². The lowest BCUT2D eigenvalue weighted by molar-refractivity contribution is -0.122. The fourth-order valence-electron chi connectivity index (χ4n) is 5.89. The quantitative estimate of drug-likeness (QED) is 0.176. The Bertz CT molecular complexity index is 1680. The number of ketones is 1. The summed E-state index contributed by atoms with van der Waals surface area (Å²) in [7, 11) is 1.70. The molecule has 0 aliphatic rings. The number of likely N-dealkylation sites (N-methyl/N-ethyl adjacent to an activating group) is 1. The third-order valence-corrected chi connectivity index (χ3v) is 7.78. The van der Waals surface area contributed by atoms with Crippen LogP contribution in [0.2, 0.25) is 0 Å². The van der Waals surface area contributed by atoms with E-state index in [-0.39, 0.29) is 23.6 Å². The van der Waals surface area contributed by atoms with Crippen LogP contribution in [-0.4, -0.2) is 50.8 Å². The van der Waals surface area contributed by atoms with Crippen LogP contribution in [0.25, 0.3) is 22.2 Å². The van der Waals surface area contributed by atoms with Gasteiger partial charge in [-0.05, 0) is 87.4 Å². The molecule has 0 saturated carbocycles. The zero-order valence-corrected chi connectivity index (χ0v) is 27.5. The Kier molecular flexibility index (Phi) is 9.77. The smallest absolute Gasteiger partial charge is 0.339 e. The number of carbonyl (C=O) groups excluding carboxylic acids is 3. The molecule has 44 heavy (non-hydrogen) atoms. The molecule has 1 amide bonds. The van der Waals surface area contributed by atoms with Crippen molar-refractivity contribution in [2.45, 2.75) is 86.4 Å². The van der Waals surface area contributed by atoms with Gasteiger partial charge in [0.25, 0.3) is 5.91 Å². The van der Waals surface area contributed by atoms with Crippen molar-refractivity contribution in [1.82, 2.24) is 14.5 Å². The molecular weight excluding hydrogens is 550 g/mol. The van der Waals surface area contributed by atoms with Crippen molar-refractivity contribution < 1.29 is 19.1 Å². The van der Waals surface area contributed by atoms with Gasteiger partial charge in [0, 0.05) is 25.6 Å². The number of hydrogen-bond donors (Lipinski definition) is 0. The highest BCUT2D eigenvalue weighted by Crippen LogP contribution is 2.29. The van der Waals surface area contributed by atoms with Crippen LogP contribution >= 0.6 is 0 Å². The van der Waals surface area contributed by atoms with Crippen LogP contribution in [0.1, 0.15) is 92.6 Å². The summed E-state index contributed by atoms with van der Waals surface area (Å²) < 4.78 is 7.84. The first-order valence-electron chi connectivity index (χ1n) is 15.4. The summed E-state index contributed by atoms with van der Waals surface area (Å²) in [5.74, 6) is 0.419. The van der Waals surface area contributed by atoms with Crippen molar-refractivity contribution in [3.63, 3.8) is 0 Å². The zero-order chi connectivity index (χ0) is 32.3. The van der Waals surface area contributed by atoms with E-state index < -0.39 is 11.6 Å². The van der Waals surface area contributed by atoms with Crippen LogP contribution in [0.15, 0.2) is 60.7 Å². The summed E-state index contributed by atoms with van der Waals surface area (Å²) in [6, 6.07) is 19.0. The van der Waals surface area contributed by atoms with Crippen LogP contribution in [0.5, 0.6) is 0 Å². The highest BCUT2D eigenvalue weighted by Gasteiger charge is 2.28. The summed E-state index contributed by atoms with van der Waals surface area (Å²) in [4.78, 5) is 45.5. The normalized spacial score (nSPS) is 12.4. The van der Waals surface area contributed by atoms with Gasteiger partial charge in [0.1, 0.15) is 11.4 Å². The maximum Gasteiger partial charge on any atom is 0.339 e. The van der Waals surface area contributed by atoms with Crippen molar-refractivity contribution in [2.24, 2.45) is 5.92 Å². The number of hydrogen-bond acceptors (Lipinski definition) is 5. The molecule has 0 fully saturated rings. The molecule has 7 heteroatoms. The number of nitrogens with zero attached hydrogens (tertiary/aromatic N) is 3. The molecule has 4 rings (SSSR count). The number of ether oxygens (including phenoxy) is 1. The van der Waals surface area contributed by atoms with Gasteiger partial charge in [-0.25, -0.2) is 9.78 Å². The van der Waals surface area contributed by atoms with Crippen LogP contribution in [0, 0.1) is 12.8 Å². The number of Topliss-reactive ketones (excluding diaryl/α,β-unsaturated/α-hetero) is 1. The number of aryl methyl sites for hydroxylation is 2. The lowest BCUT2D eigenvalue weighted by atomic mass is 9.98. The maximum atomic E-state index is 13.6. The molecule has 4 aromatic rings. The first-order valence-corrected chi connectivity index (χ1v) is 15.4. The minimum absolute atomic E-state index is 0.00651. The topological polar surface area (TPSA) is 81.5 Å². The monoisotopic (exact) mass is 595 g/mol. The lowest BCUT2D eigenvalue weighted by Gasteiger charge is -2.29. The van der Waals surface area contributed by atoms with Crippen LogP contribution in [-0.2, 0) is 22.5 Å². The van der Waals surface area contributed by atoms with Crippen molar-refractivity contribution in [3.05, 3.63) is 88.7 Å². The Hall–Kier alpha value is -4.26. The molecule has 1 atom stereocenters. The van der Waals surface area contributed by atoms with Crippen molar-refractivity contribution in [1.29, 1.82) is 0 Å². The molecule has 0 aliphatic carbocycles. The third-order valence-electron chi connectivity index (χ3n) is 7.78. The Morgan fingerprint density at radius 1 is 1.00 bits per heavy atom. The third kappa shape index (κ3) is 7.09. The summed E-state index contributed by atoms with van der Waals surface area (Å²) in [5, 5.41) is 0. The second-order valence-corrected chi connectivity index (χ2v) is 13.0. The van der Waals surface area contributed by atoms with Gasteiger partial charge < -0.3 is 14.2 Å². The number of amides is 1. The van der Waals surface area contributed by atoms with Gasteiger partial charge in [0.15, 0.2) is 5.78 Å². The Labute approximate surface area is 261 Å². The van der Waals surface area contributed by atoms with E-state index in [4.69, 9.17) is 9.72 Å². The predicted octanol–water partition coefficient (Wildman–Crippen LogP) is 7.65. The zero-order valence-electron chi connectivity index (χ0n) is 27.5. The fourth-order valence-corrected chi connectivity index (χ4v) is 5.89. The van der Waals surface area contributed by atoms with Crippen LogP contribution in [0.3, 0.4) is 0 Å². The lowest BCUT2D eigenvalue weighted by Crippen LogP contribution is -2.44. The molecule has 0 saturated heterocycles. The summed E-state index contributed by atoms with van der Waals surface area (Å²) in [6.45, 7) is 15.7. The molecule has 0 aliphatic heterocycles. The van der Waals surface area contributed by atoms with E-state index in [1.165, 1.54) is 6.92 Å². The van der Waals surface area contributed by atoms with Gasteiger partial charge >= 0.3 is 5.97 Å². The van der Waals surface area contributed by atoms with E-state index in [1.54, 1.807) is 18.0 Å². The second kappa shape index (κ2) is 13.2. The van der Waals surface area contributed by atoms with Gasteiger partial charge in [-0.2, -0.15) is 0 Å². The number of carbonyl (C=O) groups is 3. The van der Waals surface area contributed by atoms with Crippen LogP contribution in [0.4, 0.5) is 0 Å². The number of fused-ring (bicyclic) bond motifs is 1. The molecule has 1 heterocycles. The number of imidazole rings is 1. The molecule has 7 nitrogen and oxygen atoms in total. The standard InChI is InChI=1S/C37H45N3O4/c1-10-13-32-38-33-24(4)20-28(35(42)39(9)34(23(2)3)25(5)41)21-31(33)40(32)22-26-16-18-27(19-17-26)29-14-11-12-15-30(29)36(43)44-37(6,7)8/h11-12,14-21,23,34H,10,13,22H2,1-9H3. The molecule has 0 bridgehead atoms. The minimum Gasteiger partial charge on any atom is -0.456 e. The van der Waals surface area contributed by atoms with Crippen molar-refractivity contribution in [3.8, 4) is 11.1 Å². The van der Waals surface area contributed by atoms with Crippen molar-refractivity contribution >= 4 is 28.7 Å². The van der Waals surface area contributed by atoms with E-state index in [0.29, 0.717) is 17.7 Å². The largest absolute Gasteiger partial charge is 0.456 e. The predicted molar refractivity (Wildman–Crippen MR) is 176 cm³/mol. The van der Waals surface area contributed by atoms with E-state index in [0.717, 1.165) is 52.0 Å². The minimum atomic E-state index is -0.584. The average molecular weight is 596 g/mol. The van der Waals surface area contributed by atoms with Gasteiger partial charge in [-0.1, -0.05) is 63.2 Å². The first kappa shape index (κ1) is 32.6. The summed E-state index contributed by atoms with van der Waals surface area (Å²) in [6.07, 6.45) is 1.74. The van der Waals surface area contributed by atoms with E-state index >= 15 is 0 Å². The average Bonchev–Trinajstić information content (AvgIpc) is 3.29. The van der Waals surface area contributed by atoms with Gasteiger partial charge in [0.2, 0.25) is 0 Å². The van der Waals surface area contributed by atoms with Crippen LogP contribution < -0.4 is 0 Å². The molecule has 232 valence electrons. The molecule has 0 radical (unpaired) electrons. The van der Waals surface area contributed by atoms with E-state index in [2.05, 4.69) is 23.6 Å². The first-order chi connectivity index (χ1) is 20.7. The Balaban J connectivity index is 1.70. The highest BCUT2D eigenvalue weighted by molar-refractivity contribution is 6.00. The maximum absolute atomic E-state index is 13.6. The Morgan fingerprint density at radius 2 is 1.66 bits per heavy atom. The Morgan fingerprint density at radius 3 is 2.25 bits per heavy atom. The summed E-state index contributed by atoms with van der Waals surface area (Å²) in [5.41, 5.74) is 6.01. The number of rotatable bonds is 10. The highest BCUT2D eigenvalue weighted by atomic mass is 16.6. The number of aromatic nitrogens is 2. The SMILES string of the molecule is CCCc1nc2c(C)cc(C(=O)N(C)C(C(C)=O)C(C)C)cc2n1Cc1ccc(-c2ccccc2C(=O)OC(C)(C)C)cc1. The molecule has 1 aromatic heterocycles. The van der Waals surface area contributed by atoms with Gasteiger partial charge in [-0.3, -0.25) is 9.59 Å². The molecule has 1 unspecified atom stereocenters. The fraction of sp³-hybridized carbons (Fsp3) is 0.405. The molecule has 3 aromatic carbocycles.